The molecule has 2 heterocycles. The van der Waals surface area contributed by atoms with Crippen LogP contribution in [0.15, 0.2) is 72.0 Å². The number of aromatic nitrogens is 3. The van der Waals surface area contributed by atoms with Crippen molar-refractivity contribution in [1.82, 2.24) is 14.4 Å². The van der Waals surface area contributed by atoms with Crippen molar-refractivity contribution in [3.8, 4) is 17.4 Å². The molecule has 2 aromatic heterocycles. The number of hydrogen-bond donors (Lipinski definition) is 0. The van der Waals surface area contributed by atoms with Gasteiger partial charge in [0.2, 0.25) is 11.7 Å². The molecule has 4 aromatic rings. The second-order valence-electron chi connectivity index (χ2n) is 8.19. The number of nitrogens with zero attached hydrogens (tertiary/aromatic N) is 4. The fourth-order valence-corrected chi connectivity index (χ4v) is 3.82. The number of alkyl halides is 3. The van der Waals surface area contributed by atoms with Gasteiger partial charge in [-0.25, -0.2) is 13.8 Å². The van der Waals surface area contributed by atoms with Crippen molar-refractivity contribution in [1.29, 1.82) is 0 Å². The highest BCUT2D eigenvalue weighted by molar-refractivity contribution is 6.31. The first-order valence-corrected chi connectivity index (χ1v) is 11.6. The quantitative estimate of drug-likeness (QED) is 0.125. The smallest absolute Gasteiger partial charge is 0.417 e. The molecular weight excluding hydrogens is 543 g/mol. The fraction of sp³-hybridized carbons (Fsp3) is 0.148. The van der Waals surface area contributed by atoms with E-state index in [2.05, 4.69) is 21.5 Å². The summed E-state index contributed by atoms with van der Waals surface area (Å²) in [6.07, 6.45) is 1.92. The number of rotatable bonds is 8. The van der Waals surface area contributed by atoms with Crippen molar-refractivity contribution in [2.45, 2.75) is 19.7 Å². The van der Waals surface area contributed by atoms with E-state index in [-0.39, 0.29) is 18.1 Å². The standard InChI is InChI=1S/C27H20ClF5N4O2/c1-4-15(2)18(12-34-3)23-13-35-26-36-24(7-8-37(23)26)38-14-16-9-21(29)25(22(30)10-16)39-17-5-6-20(28)19(11-17)27(31,32)33/h4-13H,1,14H2,2-3H3/b18-15+,34-12?. The van der Waals surface area contributed by atoms with Gasteiger partial charge in [0.25, 0.3) is 0 Å². The molecule has 4 rings (SSSR count). The number of halogens is 6. The number of imidazole rings is 1. The lowest BCUT2D eigenvalue weighted by Gasteiger charge is -2.13. The average Bonchev–Trinajstić information content (AvgIpc) is 3.31. The maximum Gasteiger partial charge on any atom is 0.417 e. The Hall–Kier alpha value is -4.25. The molecule has 6 nitrogen and oxygen atoms in total. The van der Waals surface area contributed by atoms with Crippen molar-refractivity contribution in [3.05, 3.63) is 100 Å². The van der Waals surface area contributed by atoms with Crippen LogP contribution in [0.4, 0.5) is 22.0 Å². The maximum atomic E-state index is 14.7. The summed E-state index contributed by atoms with van der Waals surface area (Å²) in [5, 5.41) is -0.569. The minimum atomic E-state index is -4.77. The lowest BCUT2D eigenvalue weighted by atomic mass is 10.1. The second-order valence-corrected chi connectivity index (χ2v) is 8.59. The van der Waals surface area contributed by atoms with Crippen LogP contribution in [0.1, 0.15) is 23.7 Å². The molecule has 39 heavy (non-hydrogen) atoms. The van der Waals surface area contributed by atoms with E-state index in [1.807, 2.05) is 6.92 Å². The Kier molecular flexibility index (Phi) is 8.01. The van der Waals surface area contributed by atoms with Crippen LogP contribution in [0.3, 0.4) is 0 Å². The lowest BCUT2D eigenvalue weighted by Crippen LogP contribution is -2.06. The highest BCUT2D eigenvalue weighted by atomic mass is 35.5. The molecule has 12 heteroatoms. The van der Waals surface area contributed by atoms with Crippen LogP contribution < -0.4 is 9.47 Å². The van der Waals surface area contributed by atoms with E-state index in [0.29, 0.717) is 11.8 Å². The van der Waals surface area contributed by atoms with Gasteiger partial charge in [-0.1, -0.05) is 24.3 Å². The summed E-state index contributed by atoms with van der Waals surface area (Å²) < 4.78 is 80.9. The van der Waals surface area contributed by atoms with Crippen molar-refractivity contribution in [2.75, 3.05) is 7.05 Å². The van der Waals surface area contributed by atoms with Crippen LogP contribution in [0, 0.1) is 11.6 Å². The molecule has 0 spiro atoms. The zero-order valence-electron chi connectivity index (χ0n) is 20.6. The monoisotopic (exact) mass is 562 g/mol. The van der Waals surface area contributed by atoms with Gasteiger partial charge in [-0.15, -0.1) is 0 Å². The van der Waals surface area contributed by atoms with Crippen LogP contribution in [0.25, 0.3) is 11.4 Å². The first kappa shape index (κ1) is 27.8. The lowest BCUT2D eigenvalue weighted by molar-refractivity contribution is -0.137. The summed E-state index contributed by atoms with van der Waals surface area (Å²) >= 11 is 5.57. The fourth-order valence-electron chi connectivity index (χ4n) is 3.60. The molecule has 0 aliphatic carbocycles. The number of aliphatic imine (C=N–C) groups is 1. The van der Waals surface area contributed by atoms with Crippen molar-refractivity contribution < 1.29 is 31.4 Å². The molecule has 0 aliphatic heterocycles. The van der Waals surface area contributed by atoms with Gasteiger partial charge < -0.3 is 9.47 Å². The number of allylic oxidation sites excluding steroid dienone is 3. The SMILES string of the molecule is C=C/C(C)=C(\C=NC)c1cnc2nc(OCc3cc(F)c(Oc4ccc(Cl)c(C(F)(F)F)c4)c(F)c3)ccn12. The summed E-state index contributed by atoms with van der Waals surface area (Å²) in [4.78, 5) is 12.7. The van der Waals surface area contributed by atoms with E-state index in [9.17, 15) is 22.0 Å². The van der Waals surface area contributed by atoms with Crippen molar-refractivity contribution >= 4 is 29.2 Å². The van der Waals surface area contributed by atoms with Gasteiger partial charge >= 0.3 is 6.18 Å². The first-order valence-electron chi connectivity index (χ1n) is 11.3. The molecule has 0 atom stereocenters. The average molecular weight is 563 g/mol. The molecule has 0 saturated carbocycles. The van der Waals surface area contributed by atoms with Gasteiger partial charge in [-0.2, -0.15) is 18.2 Å². The third-order valence-corrected chi connectivity index (χ3v) is 5.86. The highest BCUT2D eigenvalue weighted by Gasteiger charge is 2.33. The molecule has 0 N–H and O–H groups in total. The Morgan fingerprint density at radius 1 is 1.15 bits per heavy atom. The molecule has 0 fully saturated rings. The number of fused-ring (bicyclic) bond motifs is 1. The number of ether oxygens (including phenoxy) is 2. The normalized spacial score (nSPS) is 12.6. The summed E-state index contributed by atoms with van der Waals surface area (Å²) in [6, 6.07) is 6.02. The maximum absolute atomic E-state index is 14.7. The topological polar surface area (TPSA) is 61.0 Å². The van der Waals surface area contributed by atoms with E-state index in [1.54, 1.807) is 42.2 Å². The Bertz CT molecular complexity index is 1590. The van der Waals surface area contributed by atoms with E-state index in [4.69, 9.17) is 21.1 Å². The largest absolute Gasteiger partial charge is 0.473 e. The van der Waals surface area contributed by atoms with Crippen molar-refractivity contribution in [3.63, 3.8) is 0 Å². The van der Waals surface area contributed by atoms with Gasteiger partial charge in [-0.05, 0) is 48.4 Å². The van der Waals surface area contributed by atoms with Crippen LogP contribution in [-0.2, 0) is 12.8 Å². The summed E-state index contributed by atoms with van der Waals surface area (Å²) in [5.74, 6) is -3.09. The minimum Gasteiger partial charge on any atom is -0.473 e. The van der Waals surface area contributed by atoms with Gasteiger partial charge in [0.15, 0.2) is 17.4 Å². The van der Waals surface area contributed by atoms with Gasteiger partial charge in [-0.3, -0.25) is 9.39 Å². The second kappa shape index (κ2) is 11.2. The zero-order chi connectivity index (χ0) is 28.3. The molecule has 0 saturated heterocycles. The van der Waals surface area contributed by atoms with Crippen molar-refractivity contribution in [2.24, 2.45) is 4.99 Å². The van der Waals surface area contributed by atoms with Gasteiger partial charge in [0, 0.05) is 31.1 Å². The number of hydrogen-bond acceptors (Lipinski definition) is 5. The molecule has 0 radical (unpaired) electrons. The third-order valence-electron chi connectivity index (χ3n) is 5.53. The summed E-state index contributed by atoms with van der Waals surface area (Å²) in [7, 11) is 1.65. The predicted octanol–water partition coefficient (Wildman–Crippen LogP) is 7.71. The Morgan fingerprint density at radius 3 is 2.51 bits per heavy atom. The summed E-state index contributed by atoms with van der Waals surface area (Å²) in [5.41, 5.74) is 1.33. The van der Waals surface area contributed by atoms with Crippen LogP contribution >= 0.6 is 11.6 Å². The van der Waals surface area contributed by atoms with Crippen LogP contribution in [0.2, 0.25) is 5.02 Å². The van der Waals surface area contributed by atoms with Crippen LogP contribution in [0.5, 0.6) is 17.4 Å². The highest BCUT2D eigenvalue weighted by Crippen LogP contribution is 2.38. The molecule has 0 amide bonds. The Labute approximate surface area is 224 Å². The van der Waals surface area contributed by atoms with E-state index >= 15 is 0 Å². The Balaban J connectivity index is 1.52. The summed E-state index contributed by atoms with van der Waals surface area (Å²) in [6.45, 7) is 5.41. The Morgan fingerprint density at radius 2 is 1.87 bits per heavy atom. The molecule has 0 aliphatic rings. The molecule has 2 aromatic carbocycles. The van der Waals surface area contributed by atoms with Gasteiger partial charge in [0.05, 0.1) is 22.5 Å². The molecular formula is C27H20ClF5N4O2. The molecule has 0 bridgehead atoms. The predicted molar refractivity (Wildman–Crippen MR) is 137 cm³/mol. The van der Waals surface area contributed by atoms with E-state index in [1.165, 1.54) is 0 Å². The van der Waals surface area contributed by atoms with E-state index in [0.717, 1.165) is 41.1 Å². The molecule has 202 valence electrons. The third kappa shape index (κ3) is 6.09. The van der Waals surface area contributed by atoms with Gasteiger partial charge in [0.1, 0.15) is 12.4 Å². The zero-order valence-corrected chi connectivity index (χ0v) is 21.3. The first-order chi connectivity index (χ1) is 18.5. The van der Waals surface area contributed by atoms with E-state index < -0.39 is 39.9 Å². The molecule has 0 unspecified atom stereocenters. The number of benzene rings is 2. The van der Waals surface area contributed by atoms with Crippen LogP contribution in [-0.4, -0.2) is 27.6 Å². The minimum absolute atomic E-state index is 0.0983.